The van der Waals surface area contributed by atoms with E-state index in [9.17, 15) is 4.79 Å². The van der Waals surface area contributed by atoms with Gasteiger partial charge in [-0.05, 0) is 49.9 Å². The zero-order chi connectivity index (χ0) is 13.0. The third-order valence-corrected chi connectivity index (χ3v) is 4.93. The smallest absolute Gasteiger partial charge is 0.308 e. The number of halogens is 1. The first-order valence-corrected chi connectivity index (χ1v) is 7.45. The number of rotatable bonds is 3. The van der Waals surface area contributed by atoms with E-state index in [0.717, 1.165) is 30.7 Å². The molecule has 0 saturated heterocycles. The zero-order valence-corrected chi connectivity index (χ0v) is 12.0. The third-order valence-electron chi connectivity index (χ3n) is 3.33. The van der Waals surface area contributed by atoms with Gasteiger partial charge in [-0.3, -0.25) is 4.79 Å². The lowest BCUT2D eigenvalue weighted by Gasteiger charge is -2.26. The van der Waals surface area contributed by atoms with Crippen LogP contribution in [0.5, 0.6) is 0 Å². The highest BCUT2D eigenvalue weighted by molar-refractivity contribution is 8.00. The van der Waals surface area contributed by atoms with Crippen molar-refractivity contribution in [2.75, 3.05) is 7.11 Å². The molecule has 0 aromatic heterocycles. The van der Waals surface area contributed by atoms with Gasteiger partial charge < -0.3 is 4.74 Å². The van der Waals surface area contributed by atoms with E-state index in [1.165, 1.54) is 12.0 Å². The minimum atomic E-state index is -0.0510. The highest BCUT2D eigenvalue weighted by atomic mass is 35.5. The summed E-state index contributed by atoms with van der Waals surface area (Å²) in [6.07, 6.45) is 4.04. The van der Waals surface area contributed by atoms with Crippen LogP contribution >= 0.6 is 23.4 Å². The Morgan fingerprint density at radius 3 is 2.39 bits per heavy atom. The second kappa shape index (κ2) is 6.48. The molecule has 0 heterocycles. The first-order valence-electron chi connectivity index (χ1n) is 6.19. The summed E-state index contributed by atoms with van der Waals surface area (Å²) in [6, 6.07) is 7.95. The van der Waals surface area contributed by atoms with Gasteiger partial charge in [-0.15, -0.1) is 11.8 Å². The summed E-state index contributed by atoms with van der Waals surface area (Å²) in [5, 5.41) is 1.38. The summed E-state index contributed by atoms with van der Waals surface area (Å²) in [5.74, 6) is 0.0574. The van der Waals surface area contributed by atoms with Gasteiger partial charge in [0.25, 0.3) is 0 Å². The standard InChI is InChI=1S/C14H17ClO2S/c1-17-14(16)10-2-6-12(7-3-10)18-13-8-4-11(15)5-9-13/h4-5,8-10,12H,2-3,6-7H2,1H3. The Hall–Kier alpha value is -0.670. The third kappa shape index (κ3) is 3.66. The van der Waals surface area contributed by atoms with Gasteiger partial charge in [-0.2, -0.15) is 0 Å². The number of thioether (sulfide) groups is 1. The van der Waals surface area contributed by atoms with Gasteiger partial charge in [0.1, 0.15) is 0 Å². The van der Waals surface area contributed by atoms with E-state index in [0.29, 0.717) is 5.25 Å². The van der Waals surface area contributed by atoms with Crippen LogP contribution in [0.2, 0.25) is 5.02 Å². The summed E-state index contributed by atoms with van der Waals surface area (Å²) >= 11 is 7.75. The molecule has 18 heavy (non-hydrogen) atoms. The molecule has 0 unspecified atom stereocenters. The fraction of sp³-hybridized carbons (Fsp3) is 0.500. The number of carbonyl (C=O) groups excluding carboxylic acids is 1. The van der Waals surface area contributed by atoms with Crippen molar-refractivity contribution in [3.63, 3.8) is 0 Å². The molecule has 2 nitrogen and oxygen atoms in total. The second-order valence-electron chi connectivity index (χ2n) is 4.57. The number of methoxy groups -OCH3 is 1. The normalized spacial score (nSPS) is 23.7. The Bertz CT molecular complexity index is 397. The molecule has 1 saturated carbocycles. The lowest BCUT2D eigenvalue weighted by atomic mass is 9.89. The average Bonchev–Trinajstić information content (AvgIpc) is 2.41. The summed E-state index contributed by atoms with van der Waals surface area (Å²) < 4.78 is 4.80. The minimum absolute atomic E-state index is 0.0510. The first-order chi connectivity index (χ1) is 8.69. The van der Waals surface area contributed by atoms with E-state index >= 15 is 0 Å². The van der Waals surface area contributed by atoms with Crippen molar-refractivity contribution in [1.29, 1.82) is 0 Å². The van der Waals surface area contributed by atoms with Crippen LogP contribution in [0.4, 0.5) is 0 Å². The molecule has 0 aliphatic heterocycles. The Labute approximate surface area is 117 Å². The van der Waals surface area contributed by atoms with Crippen LogP contribution in [0.3, 0.4) is 0 Å². The largest absolute Gasteiger partial charge is 0.469 e. The minimum Gasteiger partial charge on any atom is -0.469 e. The molecule has 1 fully saturated rings. The van der Waals surface area contributed by atoms with E-state index in [2.05, 4.69) is 12.1 Å². The molecule has 1 aromatic carbocycles. The molecular formula is C14H17ClO2S. The molecule has 1 aliphatic carbocycles. The van der Waals surface area contributed by atoms with E-state index in [4.69, 9.17) is 16.3 Å². The molecule has 1 aliphatic rings. The van der Waals surface area contributed by atoms with Gasteiger partial charge in [0.2, 0.25) is 0 Å². The second-order valence-corrected chi connectivity index (χ2v) is 6.38. The molecular weight excluding hydrogens is 268 g/mol. The summed E-state index contributed by atoms with van der Waals surface area (Å²) in [4.78, 5) is 12.7. The lowest BCUT2D eigenvalue weighted by molar-refractivity contribution is -0.146. The fourth-order valence-corrected chi connectivity index (χ4v) is 3.60. The predicted molar refractivity (Wildman–Crippen MR) is 75.1 cm³/mol. The van der Waals surface area contributed by atoms with Crippen LogP contribution in [-0.4, -0.2) is 18.3 Å². The predicted octanol–water partition coefficient (Wildman–Crippen LogP) is 4.16. The number of hydrogen-bond acceptors (Lipinski definition) is 3. The van der Waals surface area contributed by atoms with E-state index in [1.807, 2.05) is 23.9 Å². The van der Waals surface area contributed by atoms with Gasteiger partial charge >= 0.3 is 5.97 Å². The number of benzene rings is 1. The molecule has 0 atom stereocenters. The van der Waals surface area contributed by atoms with Crippen molar-refractivity contribution in [3.8, 4) is 0 Å². The van der Waals surface area contributed by atoms with E-state index in [1.54, 1.807) is 0 Å². The van der Waals surface area contributed by atoms with Crippen molar-refractivity contribution >= 4 is 29.3 Å². The van der Waals surface area contributed by atoms with Crippen LogP contribution in [0.1, 0.15) is 25.7 Å². The quantitative estimate of drug-likeness (QED) is 0.780. The van der Waals surface area contributed by atoms with Gasteiger partial charge in [0.15, 0.2) is 0 Å². The summed E-state index contributed by atoms with van der Waals surface area (Å²) in [6.45, 7) is 0. The summed E-state index contributed by atoms with van der Waals surface area (Å²) in [5.41, 5.74) is 0. The van der Waals surface area contributed by atoms with Gasteiger partial charge in [0.05, 0.1) is 13.0 Å². The Kier molecular flexibility index (Phi) is 4.95. The van der Waals surface area contributed by atoms with Crippen LogP contribution < -0.4 is 0 Å². The molecule has 98 valence electrons. The van der Waals surface area contributed by atoms with E-state index < -0.39 is 0 Å². The summed E-state index contributed by atoms with van der Waals surface area (Å²) in [7, 11) is 1.47. The van der Waals surface area contributed by atoms with Gasteiger partial charge in [-0.25, -0.2) is 0 Å². The maximum atomic E-state index is 11.4. The number of hydrogen-bond donors (Lipinski definition) is 0. The Morgan fingerprint density at radius 1 is 1.22 bits per heavy atom. The molecule has 0 radical (unpaired) electrons. The highest BCUT2D eigenvalue weighted by Gasteiger charge is 2.27. The number of ether oxygens (including phenoxy) is 1. The maximum absolute atomic E-state index is 11.4. The van der Waals surface area contributed by atoms with Crippen LogP contribution in [0.25, 0.3) is 0 Å². The van der Waals surface area contributed by atoms with Crippen LogP contribution in [0.15, 0.2) is 29.2 Å². The monoisotopic (exact) mass is 284 g/mol. The number of carbonyl (C=O) groups is 1. The average molecular weight is 285 g/mol. The fourth-order valence-electron chi connectivity index (χ4n) is 2.29. The maximum Gasteiger partial charge on any atom is 0.308 e. The molecule has 4 heteroatoms. The first kappa shape index (κ1) is 13.8. The molecule has 0 bridgehead atoms. The van der Waals surface area contributed by atoms with Gasteiger partial charge in [-0.1, -0.05) is 11.6 Å². The molecule has 0 amide bonds. The van der Waals surface area contributed by atoms with Crippen molar-refractivity contribution in [1.82, 2.24) is 0 Å². The van der Waals surface area contributed by atoms with Crippen molar-refractivity contribution in [3.05, 3.63) is 29.3 Å². The zero-order valence-electron chi connectivity index (χ0n) is 10.4. The molecule has 0 N–H and O–H groups in total. The van der Waals surface area contributed by atoms with Crippen molar-refractivity contribution < 1.29 is 9.53 Å². The molecule has 2 rings (SSSR count). The van der Waals surface area contributed by atoms with Crippen molar-refractivity contribution in [2.24, 2.45) is 5.92 Å². The van der Waals surface area contributed by atoms with Crippen LogP contribution in [0, 0.1) is 5.92 Å². The highest BCUT2D eigenvalue weighted by Crippen LogP contribution is 2.36. The van der Waals surface area contributed by atoms with Crippen LogP contribution in [-0.2, 0) is 9.53 Å². The molecule has 1 aromatic rings. The van der Waals surface area contributed by atoms with Crippen molar-refractivity contribution in [2.45, 2.75) is 35.8 Å². The van der Waals surface area contributed by atoms with Gasteiger partial charge in [0, 0.05) is 15.2 Å². The molecule has 0 spiro atoms. The number of esters is 1. The Balaban J connectivity index is 1.83. The topological polar surface area (TPSA) is 26.3 Å². The van der Waals surface area contributed by atoms with E-state index in [-0.39, 0.29) is 11.9 Å². The SMILES string of the molecule is COC(=O)C1CCC(Sc2ccc(Cl)cc2)CC1. The lowest BCUT2D eigenvalue weighted by Crippen LogP contribution is -2.23. The Morgan fingerprint density at radius 2 is 1.83 bits per heavy atom.